The summed E-state index contributed by atoms with van der Waals surface area (Å²) >= 11 is 0. The van der Waals surface area contributed by atoms with Crippen molar-refractivity contribution in [2.75, 3.05) is 0 Å². The summed E-state index contributed by atoms with van der Waals surface area (Å²) < 4.78 is 0. The van der Waals surface area contributed by atoms with Crippen molar-refractivity contribution < 1.29 is 4.92 Å². The Morgan fingerprint density at radius 1 is 0.889 bits per heavy atom. The summed E-state index contributed by atoms with van der Waals surface area (Å²) in [5.74, 6) is 0. The number of nitroso groups, excluding NO2 is 1. The van der Waals surface area contributed by atoms with Crippen molar-refractivity contribution in [3.05, 3.63) is 86.8 Å². The third-order valence-corrected chi connectivity index (χ3v) is 2.75. The molecular weight excluding hydrogens is 232 g/mol. The molecule has 0 aromatic heterocycles. The van der Waals surface area contributed by atoms with E-state index in [1.807, 2.05) is 0 Å². The molecule has 5 heteroatoms. The molecule has 0 aliphatic rings. The predicted octanol–water partition coefficient (Wildman–Crippen LogP) is 2.93. The Kier molecular flexibility index (Phi) is 3.14. The molecule has 0 aliphatic carbocycles. The van der Waals surface area contributed by atoms with Crippen LogP contribution in [0.25, 0.3) is 0 Å². The van der Waals surface area contributed by atoms with Gasteiger partial charge in [0, 0.05) is 5.18 Å². The Hall–Kier alpha value is -2.56. The van der Waals surface area contributed by atoms with Gasteiger partial charge in [-0.2, -0.15) is 0 Å². The minimum absolute atomic E-state index is 0.246. The highest BCUT2D eigenvalue weighted by molar-refractivity contribution is 5.35. The standard InChI is InChI=1S/C13H10N2O3/c16-14-13(15(17)18,11-7-3-1-4-8-11)12-9-5-2-6-10-12/h1-10H. The lowest BCUT2D eigenvalue weighted by Gasteiger charge is -2.18. The zero-order valence-corrected chi connectivity index (χ0v) is 9.39. The zero-order valence-electron chi connectivity index (χ0n) is 9.39. The summed E-state index contributed by atoms with van der Waals surface area (Å²) in [4.78, 5) is 21.9. The summed E-state index contributed by atoms with van der Waals surface area (Å²) in [5.41, 5.74) is -1.59. The number of nitro groups is 1. The van der Waals surface area contributed by atoms with E-state index < -0.39 is 10.6 Å². The van der Waals surface area contributed by atoms with Crippen LogP contribution in [0.2, 0.25) is 0 Å². The molecule has 0 fully saturated rings. The van der Waals surface area contributed by atoms with Gasteiger partial charge in [0.2, 0.25) is 0 Å². The minimum Gasteiger partial charge on any atom is -0.261 e. The number of nitrogens with zero attached hydrogens (tertiary/aromatic N) is 2. The molecule has 0 atom stereocenters. The third-order valence-electron chi connectivity index (χ3n) is 2.75. The highest BCUT2D eigenvalue weighted by Crippen LogP contribution is 2.33. The predicted molar refractivity (Wildman–Crippen MR) is 66.5 cm³/mol. The molecule has 0 aliphatic heterocycles. The monoisotopic (exact) mass is 242 g/mol. The number of hydrogen-bond acceptors (Lipinski definition) is 4. The molecule has 2 aromatic carbocycles. The van der Waals surface area contributed by atoms with Gasteiger partial charge >= 0.3 is 5.66 Å². The lowest BCUT2D eigenvalue weighted by atomic mass is 9.92. The van der Waals surface area contributed by atoms with Crippen LogP contribution in [0.15, 0.2) is 65.8 Å². The first-order valence-electron chi connectivity index (χ1n) is 5.32. The van der Waals surface area contributed by atoms with E-state index in [1.165, 1.54) is 24.3 Å². The Balaban J connectivity index is 2.69. The fourth-order valence-electron chi connectivity index (χ4n) is 1.86. The highest BCUT2D eigenvalue weighted by Gasteiger charge is 2.49. The van der Waals surface area contributed by atoms with Crippen LogP contribution in [-0.2, 0) is 5.66 Å². The largest absolute Gasteiger partial charge is 0.399 e. The van der Waals surface area contributed by atoms with Crippen molar-refractivity contribution in [3.8, 4) is 0 Å². The molecule has 0 saturated carbocycles. The normalized spacial score (nSPS) is 10.9. The van der Waals surface area contributed by atoms with Crippen LogP contribution in [-0.4, -0.2) is 4.92 Å². The van der Waals surface area contributed by atoms with E-state index in [-0.39, 0.29) is 11.1 Å². The molecule has 0 radical (unpaired) electrons. The fourth-order valence-corrected chi connectivity index (χ4v) is 1.86. The summed E-state index contributed by atoms with van der Waals surface area (Å²) in [7, 11) is 0. The molecule has 0 unspecified atom stereocenters. The van der Waals surface area contributed by atoms with Crippen LogP contribution < -0.4 is 0 Å². The maximum atomic E-state index is 11.4. The molecule has 18 heavy (non-hydrogen) atoms. The van der Waals surface area contributed by atoms with E-state index in [4.69, 9.17) is 0 Å². The molecule has 0 heterocycles. The molecule has 0 amide bonds. The molecule has 0 N–H and O–H groups in total. The molecule has 5 nitrogen and oxygen atoms in total. The molecule has 0 bridgehead atoms. The van der Waals surface area contributed by atoms with Gasteiger partial charge in [0.1, 0.15) is 0 Å². The smallest absolute Gasteiger partial charge is 0.261 e. The van der Waals surface area contributed by atoms with Crippen molar-refractivity contribution in [2.24, 2.45) is 5.18 Å². The van der Waals surface area contributed by atoms with Gasteiger partial charge in [-0.1, -0.05) is 36.4 Å². The third kappa shape index (κ3) is 1.75. The van der Waals surface area contributed by atoms with Crippen LogP contribution >= 0.6 is 0 Å². The van der Waals surface area contributed by atoms with Gasteiger partial charge in [0.25, 0.3) is 0 Å². The Bertz CT molecular complexity index is 515. The summed E-state index contributed by atoms with van der Waals surface area (Å²) in [6, 6.07) is 16.1. The van der Waals surface area contributed by atoms with Crippen LogP contribution in [0, 0.1) is 15.0 Å². The summed E-state index contributed by atoms with van der Waals surface area (Å²) in [6.07, 6.45) is 0. The molecule has 0 saturated heterocycles. The summed E-state index contributed by atoms with van der Waals surface area (Å²) in [5, 5.41) is 14.2. The molecule has 2 rings (SSSR count). The highest BCUT2D eigenvalue weighted by atomic mass is 16.6. The van der Waals surface area contributed by atoms with Crippen LogP contribution in [0.1, 0.15) is 11.1 Å². The summed E-state index contributed by atoms with van der Waals surface area (Å²) in [6.45, 7) is 0. The number of hydrogen-bond donors (Lipinski definition) is 0. The lowest BCUT2D eigenvalue weighted by molar-refractivity contribution is -0.564. The second kappa shape index (κ2) is 4.75. The van der Waals surface area contributed by atoms with Gasteiger partial charge in [-0.25, -0.2) is 0 Å². The van der Waals surface area contributed by atoms with Gasteiger partial charge < -0.3 is 0 Å². The molecular formula is C13H10N2O3. The van der Waals surface area contributed by atoms with Crippen molar-refractivity contribution in [1.29, 1.82) is 0 Å². The van der Waals surface area contributed by atoms with E-state index in [2.05, 4.69) is 5.18 Å². The Labute approximate surface area is 103 Å². The van der Waals surface area contributed by atoms with Crippen LogP contribution in [0.3, 0.4) is 0 Å². The second-order valence-electron chi connectivity index (χ2n) is 3.75. The minimum atomic E-state index is -2.08. The Morgan fingerprint density at radius 3 is 1.56 bits per heavy atom. The fraction of sp³-hybridized carbons (Fsp3) is 0.0769. The molecule has 90 valence electrons. The van der Waals surface area contributed by atoms with Crippen LogP contribution in [0.4, 0.5) is 0 Å². The SMILES string of the molecule is O=NC(c1ccccc1)(c1ccccc1)[N+](=O)[O-]. The maximum absolute atomic E-state index is 11.4. The average Bonchev–Trinajstić information content (AvgIpc) is 2.42. The van der Waals surface area contributed by atoms with Crippen LogP contribution in [0.5, 0.6) is 0 Å². The number of benzene rings is 2. The lowest BCUT2D eigenvalue weighted by Crippen LogP contribution is -2.34. The Morgan fingerprint density at radius 2 is 1.28 bits per heavy atom. The van der Waals surface area contributed by atoms with Gasteiger partial charge in [-0.05, 0) is 24.3 Å². The van der Waals surface area contributed by atoms with E-state index in [0.717, 1.165) is 0 Å². The second-order valence-corrected chi connectivity index (χ2v) is 3.75. The van der Waals surface area contributed by atoms with Gasteiger partial charge in [0.15, 0.2) is 0 Å². The van der Waals surface area contributed by atoms with Gasteiger partial charge in [0.05, 0.1) is 16.1 Å². The van der Waals surface area contributed by atoms with Crippen molar-refractivity contribution >= 4 is 0 Å². The van der Waals surface area contributed by atoms with E-state index in [9.17, 15) is 15.0 Å². The first-order chi connectivity index (χ1) is 8.71. The topological polar surface area (TPSA) is 72.6 Å². The van der Waals surface area contributed by atoms with Gasteiger partial charge in [-0.15, -0.1) is 4.91 Å². The zero-order chi connectivity index (χ0) is 13.0. The quantitative estimate of drug-likeness (QED) is 0.470. The number of rotatable bonds is 4. The first kappa shape index (κ1) is 11.9. The van der Waals surface area contributed by atoms with E-state index in [0.29, 0.717) is 0 Å². The van der Waals surface area contributed by atoms with Crippen molar-refractivity contribution in [2.45, 2.75) is 5.66 Å². The molecule has 2 aromatic rings. The van der Waals surface area contributed by atoms with Crippen molar-refractivity contribution in [3.63, 3.8) is 0 Å². The van der Waals surface area contributed by atoms with Gasteiger partial charge in [-0.3, -0.25) is 10.1 Å². The van der Waals surface area contributed by atoms with E-state index in [1.54, 1.807) is 36.4 Å². The first-order valence-corrected chi connectivity index (χ1v) is 5.32. The maximum Gasteiger partial charge on any atom is 0.399 e. The molecule has 0 spiro atoms. The van der Waals surface area contributed by atoms with E-state index >= 15 is 0 Å². The average molecular weight is 242 g/mol. The van der Waals surface area contributed by atoms with Crippen molar-refractivity contribution in [1.82, 2.24) is 0 Å².